The van der Waals surface area contributed by atoms with Gasteiger partial charge in [0.2, 0.25) is 5.95 Å². The maximum absolute atomic E-state index is 10.9. The molecule has 0 saturated carbocycles. The first-order valence-electron chi connectivity index (χ1n) is 4.72. The van der Waals surface area contributed by atoms with E-state index in [0.29, 0.717) is 17.4 Å². The third kappa shape index (κ3) is 4.73. The lowest BCUT2D eigenvalue weighted by atomic mass is 10.3. The average molecular weight is 228 g/mol. The van der Waals surface area contributed by atoms with Crippen LogP contribution in [0.1, 0.15) is 13.3 Å². The van der Waals surface area contributed by atoms with Crippen LogP contribution in [0, 0.1) is 0 Å². The first kappa shape index (κ1) is 11.9. The highest BCUT2D eigenvalue weighted by Crippen LogP contribution is 2.04. The van der Waals surface area contributed by atoms with Crippen molar-refractivity contribution < 1.29 is 4.21 Å². The highest BCUT2D eigenvalue weighted by atomic mass is 32.2. The van der Waals surface area contributed by atoms with E-state index in [1.807, 2.05) is 6.92 Å². The van der Waals surface area contributed by atoms with Crippen LogP contribution in [0.4, 0.5) is 11.6 Å². The van der Waals surface area contributed by atoms with Gasteiger partial charge in [0.05, 0.1) is 18.1 Å². The molecule has 0 aliphatic rings. The zero-order valence-electron chi connectivity index (χ0n) is 8.93. The Labute approximate surface area is 92.0 Å². The molecular weight excluding hydrogens is 212 g/mol. The van der Waals surface area contributed by atoms with E-state index in [0.717, 1.165) is 6.42 Å². The number of rotatable bonds is 5. The predicted molar refractivity (Wildman–Crippen MR) is 63.1 cm³/mol. The molecular formula is C9H16N4OS. The zero-order chi connectivity index (χ0) is 11.3. The number of nitrogens with one attached hydrogen (secondary N) is 1. The maximum atomic E-state index is 10.9. The Kier molecular flexibility index (Phi) is 4.48. The van der Waals surface area contributed by atoms with Crippen LogP contribution in [0.25, 0.3) is 0 Å². The average Bonchev–Trinajstić information content (AvgIpc) is 2.19. The number of nitrogen functional groups attached to an aromatic ring is 1. The van der Waals surface area contributed by atoms with Crippen LogP contribution in [-0.4, -0.2) is 32.2 Å². The first-order chi connectivity index (χ1) is 7.08. The van der Waals surface area contributed by atoms with E-state index in [1.54, 1.807) is 18.6 Å². The molecule has 1 aromatic rings. The Morgan fingerprint density at radius 3 is 2.67 bits per heavy atom. The summed E-state index contributed by atoms with van der Waals surface area (Å²) in [6.45, 7) is 2.01. The molecule has 6 heteroatoms. The zero-order valence-corrected chi connectivity index (χ0v) is 9.75. The Bertz CT molecular complexity index is 327. The van der Waals surface area contributed by atoms with Crippen LogP contribution >= 0.6 is 0 Å². The minimum Gasteiger partial charge on any atom is -0.396 e. The van der Waals surface area contributed by atoms with Gasteiger partial charge in [0.25, 0.3) is 0 Å². The van der Waals surface area contributed by atoms with Crippen LogP contribution in [0.2, 0.25) is 0 Å². The van der Waals surface area contributed by atoms with Gasteiger partial charge < -0.3 is 11.1 Å². The number of nitrogens with two attached hydrogens (primary N) is 1. The minimum absolute atomic E-state index is 0.206. The molecule has 5 nitrogen and oxygen atoms in total. The van der Waals surface area contributed by atoms with E-state index < -0.39 is 10.8 Å². The number of hydrogen-bond donors (Lipinski definition) is 2. The Hall–Kier alpha value is -1.17. The van der Waals surface area contributed by atoms with E-state index in [-0.39, 0.29) is 6.04 Å². The van der Waals surface area contributed by atoms with Gasteiger partial charge in [-0.15, -0.1) is 0 Å². The second-order valence-corrected chi connectivity index (χ2v) is 5.01. The van der Waals surface area contributed by atoms with Crippen molar-refractivity contribution in [1.29, 1.82) is 0 Å². The summed E-state index contributed by atoms with van der Waals surface area (Å²) in [5.41, 5.74) is 6.01. The number of aromatic nitrogens is 2. The molecule has 1 rings (SSSR count). The van der Waals surface area contributed by atoms with Crippen molar-refractivity contribution in [3.63, 3.8) is 0 Å². The standard InChI is InChI=1S/C9H16N4OS/c1-7(3-4-15(2)14)13-9-11-5-8(10)6-12-9/h5-7H,3-4,10H2,1-2H3,(H,11,12,13). The van der Waals surface area contributed by atoms with Crippen LogP contribution in [0.3, 0.4) is 0 Å². The van der Waals surface area contributed by atoms with Crippen molar-refractivity contribution in [1.82, 2.24) is 9.97 Å². The van der Waals surface area contributed by atoms with Crippen LogP contribution in [0.5, 0.6) is 0 Å². The molecule has 0 spiro atoms. The first-order valence-corrected chi connectivity index (χ1v) is 6.44. The van der Waals surface area contributed by atoms with Crippen molar-refractivity contribution in [3.05, 3.63) is 12.4 Å². The second kappa shape index (κ2) is 5.65. The molecule has 0 bridgehead atoms. The summed E-state index contributed by atoms with van der Waals surface area (Å²) in [4.78, 5) is 8.04. The fourth-order valence-electron chi connectivity index (χ4n) is 1.05. The Balaban J connectivity index is 2.40. The van der Waals surface area contributed by atoms with E-state index in [4.69, 9.17) is 5.73 Å². The van der Waals surface area contributed by atoms with Crippen molar-refractivity contribution in [2.75, 3.05) is 23.1 Å². The third-order valence-electron chi connectivity index (χ3n) is 1.89. The van der Waals surface area contributed by atoms with Gasteiger partial charge in [-0.2, -0.15) is 0 Å². The van der Waals surface area contributed by atoms with E-state index in [9.17, 15) is 4.21 Å². The van der Waals surface area contributed by atoms with Gasteiger partial charge in [-0.3, -0.25) is 4.21 Å². The summed E-state index contributed by atoms with van der Waals surface area (Å²) >= 11 is 0. The predicted octanol–water partition coefficient (Wildman–Crippen LogP) is 0.628. The highest BCUT2D eigenvalue weighted by molar-refractivity contribution is 7.84. The summed E-state index contributed by atoms with van der Waals surface area (Å²) in [6, 6.07) is 0.206. The van der Waals surface area contributed by atoms with Gasteiger partial charge >= 0.3 is 0 Å². The molecule has 0 aromatic carbocycles. The quantitative estimate of drug-likeness (QED) is 0.772. The topological polar surface area (TPSA) is 80.9 Å². The molecule has 15 heavy (non-hydrogen) atoms. The molecule has 1 aromatic heterocycles. The largest absolute Gasteiger partial charge is 0.396 e. The molecule has 2 unspecified atom stereocenters. The summed E-state index contributed by atoms with van der Waals surface area (Å²) < 4.78 is 10.9. The molecule has 2 atom stereocenters. The van der Waals surface area contributed by atoms with Gasteiger partial charge in [0.15, 0.2) is 0 Å². The van der Waals surface area contributed by atoms with Crippen molar-refractivity contribution in [3.8, 4) is 0 Å². The van der Waals surface area contributed by atoms with E-state index in [1.165, 1.54) is 0 Å². The van der Waals surface area contributed by atoms with Crippen molar-refractivity contribution >= 4 is 22.4 Å². The second-order valence-electron chi connectivity index (χ2n) is 3.45. The lowest BCUT2D eigenvalue weighted by molar-refractivity contribution is 0.678. The van der Waals surface area contributed by atoms with Crippen LogP contribution < -0.4 is 11.1 Å². The molecule has 0 aliphatic carbocycles. The van der Waals surface area contributed by atoms with E-state index in [2.05, 4.69) is 15.3 Å². The summed E-state index contributed by atoms with van der Waals surface area (Å²) in [5.74, 6) is 1.24. The molecule has 0 aliphatic heterocycles. The third-order valence-corrected chi connectivity index (χ3v) is 2.70. The molecule has 1 heterocycles. The summed E-state index contributed by atoms with van der Waals surface area (Å²) in [7, 11) is -0.749. The Morgan fingerprint density at radius 2 is 2.13 bits per heavy atom. The SMILES string of the molecule is CC(CCS(C)=O)Nc1ncc(N)cn1. The van der Waals surface area contributed by atoms with Crippen molar-refractivity contribution in [2.24, 2.45) is 0 Å². The number of anilines is 2. The molecule has 3 N–H and O–H groups in total. The van der Waals surface area contributed by atoms with E-state index >= 15 is 0 Å². The fraction of sp³-hybridized carbons (Fsp3) is 0.556. The number of nitrogens with zero attached hydrogens (tertiary/aromatic N) is 2. The molecule has 0 fully saturated rings. The smallest absolute Gasteiger partial charge is 0.222 e. The summed E-state index contributed by atoms with van der Waals surface area (Å²) in [6.07, 6.45) is 5.64. The lowest BCUT2D eigenvalue weighted by Gasteiger charge is -2.12. The lowest BCUT2D eigenvalue weighted by Crippen LogP contribution is -2.19. The molecule has 0 saturated heterocycles. The van der Waals surface area contributed by atoms with Gasteiger partial charge in [-0.25, -0.2) is 9.97 Å². The highest BCUT2D eigenvalue weighted by Gasteiger charge is 2.04. The number of hydrogen-bond acceptors (Lipinski definition) is 5. The normalized spacial score (nSPS) is 14.5. The monoisotopic (exact) mass is 228 g/mol. The van der Waals surface area contributed by atoms with Crippen molar-refractivity contribution in [2.45, 2.75) is 19.4 Å². The maximum Gasteiger partial charge on any atom is 0.222 e. The van der Waals surface area contributed by atoms with Crippen LogP contribution in [0.15, 0.2) is 12.4 Å². The molecule has 0 amide bonds. The minimum atomic E-state index is -0.749. The summed E-state index contributed by atoms with van der Waals surface area (Å²) in [5, 5.41) is 3.11. The van der Waals surface area contributed by atoms with Gasteiger partial charge in [0, 0.05) is 28.9 Å². The molecule has 0 radical (unpaired) electrons. The van der Waals surface area contributed by atoms with Gasteiger partial charge in [0.1, 0.15) is 0 Å². The fourth-order valence-corrected chi connectivity index (χ4v) is 1.73. The molecule has 84 valence electrons. The Morgan fingerprint density at radius 1 is 1.53 bits per heavy atom. The van der Waals surface area contributed by atoms with Crippen LogP contribution in [-0.2, 0) is 10.8 Å². The van der Waals surface area contributed by atoms with Gasteiger partial charge in [-0.05, 0) is 13.3 Å². The van der Waals surface area contributed by atoms with Gasteiger partial charge in [-0.1, -0.05) is 0 Å².